The van der Waals surface area contributed by atoms with Gasteiger partial charge in [0.25, 0.3) is 5.69 Å². The van der Waals surface area contributed by atoms with Crippen LogP contribution in [0.15, 0.2) is 47.1 Å². The van der Waals surface area contributed by atoms with Gasteiger partial charge in [0.15, 0.2) is 17.2 Å². The molecule has 1 aliphatic rings. The molecule has 29 heavy (non-hydrogen) atoms. The molecule has 1 aliphatic heterocycles. The van der Waals surface area contributed by atoms with Crippen LogP contribution in [0.25, 0.3) is 6.08 Å². The van der Waals surface area contributed by atoms with E-state index in [0.29, 0.717) is 5.56 Å². The number of nitro groups is 1. The molecule has 0 N–H and O–H groups in total. The Kier molecular flexibility index (Phi) is 5.74. The number of alkyl halides is 2. The molecule has 0 aromatic heterocycles. The van der Waals surface area contributed by atoms with Crippen molar-refractivity contribution in [2.45, 2.75) is 6.61 Å². The molecule has 0 saturated heterocycles. The number of methoxy groups -OCH3 is 1. The van der Waals surface area contributed by atoms with Crippen molar-refractivity contribution in [1.29, 1.82) is 0 Å². The molecule has 0 unspecified atom stereocenters. The minimum atomic E-state index is -3.02. The van der Waals surface area contributed by atoms with Gasteiger partial charge >= 0.3 is 12.6 Å². The average Bonchev–Trinajstić information content (AvgIpc) is 3.02. The number of carbonyl (C=O) groups is 1. The van der Waals surface area contributed by atoms with E-state index in [4.69, 9.17) is 21.1 Å². The topological polar surface area (TPSA) is 100 Å². The number of halogens is 3. The zero-order chi connectivity index (χ0) is 21.1. The smallest absolute Gasteiger partial charge is 0.387 e. The highest BCUT2D eigenvalue weighted by Gasteiger charge is 2.26. The molecule has 0 aliphatic carbocycles. The molecule has 8 nitrogen and oxygen atoms in total. The number of non-ortho nitro benzene ring substituents is 1. The highest BCUT2D eigenvalue weighted by molar-refractivity contribution is 6.31. The zero-order valence-electron chi connectivity index (χ0n) is 14.6. The number of ether oxygens (including phenoxy) is 3. The Morgan fingerprint density at radius 3 is 2.66 bits per heavy atom. The number of hydrogen-bond donors (Lipinski definition) is 0. The van der Waals surface area contributed by atoms with E-state index in [2.05, 4.69) is 9.73 Å². The molecule has 3 rings (SSSR count). The first kappa shape index (κ1) is 20.2. The molecule has 11 heteroatoms. The van der Waals surface area contributed by atoms with E-state index in [1.165, 1.54) is 43.5 Å². The fourth-order valence-corrected chi connectivity index (χ4v) is 2.69. The van der Waals surface area contributed by atoms with Crippen LogP contribution >= 0.6 is 11.6 Å². The number of rotatable bonds is 6. The molecule has 0 bridgehead atoms. The van der Waals surface area contributed by atoms with Crippen LogP contribution < -0.4 is 9.47 Å². The second kappa shape index (κ2) is 8.23. The second-order valence-electron chi connectivity index (χ2n) is 5.58. The first-order chi connectivity index (χ1) is 13.8. The van der Waals surface area contributed by atoms with Gasteiger partial charge in [0.05, 0.1) is 12.0 Å². The number of cyclic esters (lactones) is 1. The number of aliphatic imine (C=N–C) groups is 1. The van der Waals surface area contributed by atoms with Crippen molar-refractivity contribution < 1.29 is 32.7 Å². The molecule has 0 amide bonds. The standard InChI is InChI=1S/C18H11ClF2N2O6/c1-27-15-5-9(2-3-14(15)28-18(20)21)4-13-17(24)29-16(22-13)10-6-11(19)8-12(7-10)23(25)26/h2-8,18H,1H3/b13-4+. The molecule has 0 saturated carbocycles. The van der Waals surface area contributed by atoms with Gasteiger partial charge in [0.2, 0.25) is 5.90 Å². The van der Waals surface area contributed by atoms with E-state index >= 15 is 0 Å². The summed E-state index contributed by atoms with van der Waals surface area (Å²) in [6, 6.07) is 7.72. The fourth-order valence-electron chi connectivity index (χ4n) is 2.46. The van der Waals surface area contributed by atoms with Crippen molar-refractivity contribution in [3.63, 3.8) is 0 Å². The highest BCUT2D eigenvalue weighted by Crippen LogP contribution is 2.31. The normalized spacial score (nSPS) is 14.7. The predicted molar refractivity (Wildman–Crippen MR) is 98.3 cm³/mol. The van der Waals surface area contributed by atoms with E-state index in [1.54, 1.807) is 0 Å². The van der Waals surface area contributed by atoms with Crippen LogP contribution in [0.1, 0.15) is 11.1 Å². The van der Waals surface area contributed by atoms with E-state index in [1.807, 2.05) is 0 Å². The van der Waals surface area contributed by atoms with Crippen molar-refractivity contribution in [2.24, 2.45) is 4.99 Å². The minimum Gasteiger partial charge on any atom is -0.493 e. The lowest BCUT2D eigenvalue weighted by molar-refractivity contribution is -0.384. The lowest BCUT2D eigenvalue weighted by Gasteiger charge is -2.10. The summed E-state index contributed by atoms with van der Waals surface area (Å²) in [4.78, 5) is 26.5. The van der Waals surface area contributed by atoms with Crippen LogP contribution in [0.3, 0.4) is 0 Å². The Bertz CT molecular complexity index is 1050. The van der Waals surface area contributed by atoms with Crippen LogP contribution in [0.5, 0.6) is 11.5 Å². The van der Waals surface area contributed by atoms with Crippen LogP contribution in [-0.4, -0.2) is 30.5 Å². The summed E-state index contributed by atoms with van der Waals surface area (Å²) in [6.45, 7) is -3.02. The quantitative estimate of drug-likeness (QED) is 0.298. The van der Waals surface area contributed by atoms with E-state index in [0.717, 1.165) is 6.07 Å². The fraction of sp³-hybridized carbons (Fsp3) is 0.111. The third kappa shape index (κ3) is 4.66. The summed E-state index contributed by atoms with van der Waals surface area (Å²) < 4.78 is 39.2. The molecule has 0 atom stereocenters. The maximum Gasteiger partial charge on any atom is 0.387 e. The van der Waals surface area contributed by atoms with E-state index in [-0.39, 0.29) is 39.4 Å². The van der Waals surface area contributed by atoms with Crippen molar-refractivity contribution in [2.75, 3.05) is 7.11 Å². The maximum atomic E-state index is 12.4. The third-order valence-electron chi connectivity index (χ3n) is 3.67. The third-order valence-corrected chi connectivity index (χ3v) is 3.89. The van der Waals surface area contributed by atoms with E-state index in [9.17, 15) is 23.7 Å². The highest BCUT2D eigenvalue weighted by atomic mass is 35.5. The second-order valence-corrected chi connectivity index (χ2v) is 6.02. The molecule has 150 valence electrons. The van der Waals surface area contributed by atoms with Crippen LogP contribution in [0.4, 0.5) is 14.5 Å². The van der Waals surface area contributed by atoms with E-state index < -0.39 is 17.5 Å². The van der Waals surface area contributed by atoms with Crippen molar-refractivity contribution in [3.8, 4) is 11.5 Å². The summed E-state index contributed by atoms with van der Waals surface area (Å²) in [6.07, 6.45) is 1.34. The lowest BCUT2D eigenvalue weighted by Crippen LogP contribution is -2.06. The number of carbonyl (C=O) groups excluding carboxylic acids is 1. The molecule has 2 aromatic carbocycles. The van der Waals surface area contributed by atoms with Gasteiger partial charge in [-0.05, 0) is 29.8 Å². The summed E-state index contributed by atoms with van der Waals surface area (Å²) in [7, 11) is 1.27. The predicted octanol–water partition coefficient (Wildman–Crippen LogP) is 4.20. The number of esters is 1. The van der Waals surface area contributed by atoms with Gasteiger partial charge in [-0.2, -0.15) is 8.78 Å². The van der Waals surface area contributed by atoms with Gasteiger partial charge in [0.1, 0.15) is 0 Å². The summed E-state index contributed by atoms with van der Waals surface area (Å²) >= 11 is 5.87. The van der Waals surface area contributed by atoms with Gasteiger partial charge in [-0.25, -0.2) is 9.79 Å². The van der Waals surface area contributed by atoms with Gasteiger partial charge in [-0.1, -0.05) is 17.7 Å². The SMILES string of the molecule is COc1cc(/C=C2/N=C(c3cc(Cl)cc([N+](=O)[O-])c3)OC2=O)ccc1OC(F)F. The molecule has 2 aromatic rings. The van der Waals surface area contributed by atoms with Crippen molar-refractivity contribution in [3.05, 3.63) is 68.4 Å². The largest absolute Gasteiger partial charge is 0.493 e. The van der Waals surface area contributed by atoms with Gasteiger partial charge in [0, 0.05) is 22.7 Å². The maximum absolute atomic E-state index is 12.4. The van der Waals surface area contributed by atoms with Gasteiger partial charge < -0.3 is 14.2 Å². The Hall–Kier alpha value is -3.53. The average molecular weight is 425 g/mol. The number of hydrogen-bond acceptors (Lipinski definition) is 7. The molecular formula is C18H11ClF2N2O6. The molecular weight excluding hydrogens is 414 g/mol. The van der Waals surface area contributed by atoms with Crippen molar-refractivity contribution in [1.82, 2.24) is 0 Å². The zero-order valence-corrected chi connectivity index (χ0v) is 15.4. The molecule has 0 fully saturated rings. The Labute approximate surface area is 167 Å². The van der Waals surface area contributed by atoms with Crippen LogP contribution in [-0.2, 0) is 9.53 Å². The Morgan fingerprint density at radius 2 is 2.00 bits per heavy atom. The monoisotopic (exact) mass is 424 g/mol. The van der Waals surface area contributed by atoms with Crippen molar-refractivity contribution >= 4 is 35.2 Å². The summed E-state index contributed by atoms with van der Waals surface area (Å²) in [5.74, 6) is -1.10. The Balaban J connectivity index is 1.94. The Morgan fingerprint density at radius 1 is 1.24 bits per heavy atom. The van der Waals surface area contributed by atoms with Gasteiger partial charge in [-0.3, -0.25) is 10.1 Å². The van der Waals surface area contributed by atoms with Gasteiger partial charge in [-0.15, -0.1) is 0 Å². The van der Waals surface area contributed by atoms with Crippen LogP contribution in [0.2, 0.25) is 5.02 Å². The number of nitro benzene ring substituents is 1. The van der Waals surface area contributed by atoms with Crippen LogP contribution in [0, 0.1) is 10.1 Å². The molecule has 1 heterocycles. The summed E-state index contributed by atoms with van der Waals surface area (Å²) in [5, 5.41) is 11.0. The first-order valence-electron chi connectivity index (χ1n) is 7.87. The number of benzene rings is 2. The lowest BCUT2D eigenvalue weighted by atomic mass is 10.1. The minimum absolute atomic E-state index is 0.0284. The summed E-state index contributed by atoms with van der Waals surface area (Å²) in [5.41, 5.74) is 0.159. The first-order valence-corrected chi connectivity index (χ1v) is 8.25. The molecule has 0 radical (unpaired) electrons. The molecule has 0 spiro atoms. The number of nitrogens with zero attached hydrogens (tertiary/aromatic N) is 2.